The summed E-state index contributed by atoms with van der Waals surface area (Å²) in [5, 5.41) is 6.32. The van der Waals surface area contributed by atoms with Crippen LogP contribution in [0, 0.1) is 6.57 Å². The fourth-order valence-electron chi connectivity index (χ4n) is 4.12. The molecule has 2 aliphatic rings. The number of nitrogens with zero attached hydrogens (tertiary/aromatic N) is 3. The number of rotatable bonds is 14. The molecule has 5 atom stereocenters. The first-order valence-corrected chi connectivity index (χ1v) is 14.1. The number of benzene rings is 1. The molecule has 210 valence electrons. The quantitative estimate of drug-likeness (QED) is 0.168. The van der Waals surface area contributed by atoms with Crippen molar-refractivity contribution in [3.8, 4) is 17.2 Å². The molecule has 1 saturated heterocycles. The zero-order valence-corrected chi connectivity index (χ0v) is 22.8. The molecule has 12 nitrogen and oxygen atoms in total. The standard InChI is InChI=1S/C26H34N5O7P/c1-17(2)28-10-7-12-34-18-8-6-9-19-24(18)29-25-21(36-19)15-31(26(32)30-25)23-14-20(22(37-23)16-33-4)38-39(5)35-13-11-27-3/h6,8-9,15,20,22-23,28H,1,7,10-14,16H2,2,4-5H3,(H,29,30,32)/t20?,22-,23-,39?/m1/s1/i4TD/t4?,20?,22-,23-,39?. The Morgan fingerprint density at radius 1 is 1.49 bits per heavy atom. The number of allylic oxidation sites excluding steroid dienone is 1. The van der Waals surface area contributed by atoms with Gasteiger partial charge < -0.3 is 43.5 Å². The maximum Gasteiger partial charge on any atom is 0.351 e. The van der Waals surface area contributed by atoms with Crippen LogP contribution in [0.1, 0.15) is 28.7 Å². The minimum absolute atomic E-state index is 0.0748. The summed E-state index contributed by atoms with van der Waals surface area (Å²) in [5.41, 5.74) is 0.908. The van der Waals surface area contributed by atoms with Crippen molar-refractivity contribution in [2.45, 2.75) is 38.2 Å². The lowest BCUT2D eigenvalue weighted by atomic mass is 10.2. The molecule has 0 bridgehead atoms. The van der Waals surface area contributed by atoms with Crippen molar-refractivity contribution in [2.24, 2.45) is 0 Å². The second kappa shape index (κ2) is 13.7. The Morgan fingerprint density at radius 2 is 2.36 bits per heavy atom. The molecule has 0 saturated carbocycles. The third-order valence-electron chi connectivity index (χ3n) is 5.89. The van der Waals surface area contributed by atoms with E-state index in [1.165, 1.54) is 10.8 Å². The van der Waals surface area contributed by atoms with Gasteiger partial charge in [-0.1, -0.05) is 12.6 Å². The number of methoxy groups -OCH3 is 1. The highest BCUT2D eigenvalue weighted by molar-refractivity contribution is 7.46. The van der Waals surface area contributed by atoms with Gasteiger partial charge in [0, 0.05) is 32.4 Å². The summed E-state index contributed by atoms with van der Waals surface area (Å²) in [6.45, 7) is 16.0. The fraction of sp³-hybridized carbons (Fsp3) is 0.500. The van der Waals surface area contributed by atoms with Crippen molar-refractivity contribution < 1.29 is 30.7 Å². The van der Waals surface area contributed by atoms with Crippen LogP contribution in [-0.2, 0) is 18.5 Å². The van der Waals surface area contributed by atoms with Gasteiger partial charge in [-0.25, -0.2) is 11.4 Å². The molecule has 0 spiro atoms. The molecule has 0 aliphatic carbocycles. The summed E-state index contributed by atoms with van der Waals surface area (Å²) < 4.78 is 50.9. The number of anilines is 2. The van der Waals surface area contributed by atoms with E-state index in [-0.39, 0.29) is 32.0 Å². The summed E-state index contributed by atoms with van der Waals surface area (Å²) in [7, 11) is -2.83. The molecule has 0 radical (unpaired) electrons. The van der Waals surface area contributed by atoms with E-state index in [9.17, 15) is 4.79 Å². The Bertz CT molecular complexity index is 1310. The first-order chi connectivity index (χ1) is 19.7. The molecule has 1 aromatic heterocycles. The monoisotopic (exact) mass is 562 g/mol. The highest BCUT2D eigenvalue weighted by Crippen LogP contribution is 2.46. The van der Waals surface area contributed by atoms with Gasteiger partial charge in [0.25, 0.3) is 0 Å². The van der Waals surface area contributed by atoms with Gasteiger partial charge in [0.15, 0.2) is 25.7 Å². The zero-order valence-electron chi connectivity index (χ0n) is 23.9. The summed E-state index contributed by atoms with van der Waals surface area (Å²) in [5.74, 6) is 1.68. The Kier molecular flexibility index (Phi) is 9.17. The largest absolute Gasteiger partial charge is 0.491 e. The van der Waals surface area contributed by atoms with E-state index < -0.39 is 39.6 Å². The van der Waals surface area contributed by atoms with Gasteiger partial charge in [0.1, 0.15) is 30.4 Å². The molecular weight excluding hydrogens is 525 g/mol. The SMILES string of the molecule is [2H]C([3H])OC[C@H]1O[C@@H](n2cc3c(nc2=O)Nc2c(OCCCNC(=C)C)cccc2O3)CC1OP(C)OCC[N+]#[C-]. The summed E-state index contributed by atoms with van der Waals surface area (Å²) in [6, 6.07) is 5.42. The third kappa shape index (κ3) is 7.47. The molecule has 2 N–H and O–H groups in total. The number of para-hydroxylation sites is 1. The highest BCUT2D eigenvalue weighted by Gasteiger charge is 2.39. The average molecular weight is 563 g/mol. The van der Waals surface area contributed by atoms with Crippen molar-refractivity contribution in [1.82, 2.24) is 14.9 Å². The van der Waals surface area contributed by atoms with Crippen LogP contribution in [-0.4, -0.2) is 68.4 Å². The molecule has 1 fully saturated rings. The highest BCUT2D eigenvalue weighted by atomic mass is 31.2. The summed E-state index contributed by atoms with van der Waals surface area (Å²) >= 11 is 0. The topological polar surface area (TPSA) is 119 Å². The minimum Gasteiger partial charge on any atom is -0.491 e. The number of fused-ring (bicyclic) bond motifs is 2. The van der Waals surface area contributed by atoms with Crippen LogP contribution in [0.25, 0.3) is 4.85 Å². The normalized spacial score (nSPS) is 21.6. The van der Waals surface area contributed by atoms with Crippen LogP contribution in [0.5, 0.6) is 17.2 Å². The van der Waals surface area contributed by atoms with Gasteiger partial charge in [-0.3, -0.25) is 4.57 Å². The third-order valence-corrected chi connectivity index (χ3v) is 7.00. The van der Waals surface area contributed by atoms with Crippen molar-refractivity contribution in [1.29, 1.82) is 0 Å². The second-order valence-corrected chi connectivity index (χ2v) is 10.3. The van der Waals surface area contributed by atoms with E-state index in [0.717, 1.165) is 18.7 Å². The Hall–Kier alpha value is -3.20. The smallest absolute Gasteiger partial charge is 0.351 e. The van der Waals surface area contributed by atoms with E-state index in [2.05, 4.69) is 27.0 Å². The van der Waals surface area contributed by atoms with Crippen molar-refractivity contribution in [2.75, 3.05) is 52.0 Å². The fourth-order valence-corrected chi connectivity index (χ4v) is 5.12. The van der Waals surface area contributed by atoms with Crippen LogP contribution in [0.2, 0.25) is 0 Å². The maximum absolute atomic E-state index is 13.1. The number of nitrogens with one attached hydrogen (secondary N) is 2. The first-order valence-electron chi connectivity index (χ1n) is 13.6. The van der Waals surface area contributed by atoms with Crippen LogP contribution < -0.4 is 25.8 Å². The molecule has 13 heteroatoms. The van der Waals surface area contributed by atoms with Crippen LogP contribution in [0.15, 0.2) is 41.5 Å². The van der Waals surface area contributed by atoms with Crippen molar-refractivity contribution in [3.05, 3.63) is 58.6 Å². The predicted octanol–water partition coefficient (Wildman–Crippen LogP) is 4.18. The van der Waals surface area contributed by atoms with Gasteiger partial charge in [0.2, 0.25) is 6.54 Å². The molecule has 0 amide bonds. The summed E-state index contributed by atoms with van der Waals surface area (Å²) in [6.07, 6.45) is 0.633. The second-order valence-electron chi connectivity index (χ2n) is 8.91. The van der Waals surface area contributed by atoms with E-state index >= 15 is 0 Å². The summed E-state index contributed by atoms with van der Waals surface area (Å²) in [4.78, 5) is 20.6. The first kappa shape index (κ1) is 26.0. The van der Waals surface area contributed by atoms with Crippen molar-refractivity contribution in [3.63, 3.8) is 0 Å². The lowest BCUT2D eigenvalue weighted by Crippen LogP contribution is -2.29. The lowest BCUT2D eigenvalue weighted by molar-refractivity contribution is -0.0511. The number of ether oxygens (including phenoxy) is 4. The van der Waals surface area contributed by atoms with E-state index in [1.54, 1.807) is 12.7 Å². The van der Waals surface area contributed by atoms with Gasteiger partial charge in [-0.2, -0.15) is 4.98 Å². The minimum atomic E-state index is -1.49. The number of hydrogen-bond acceptors (Lipinski definition) is 10. The zero-order chi connectivity index (χ0) is 29.4. The van der Waals surface area contributed by atoms with Gasteiger partial charge in [0.05, 0.1) is 28.3 Å². The molecule has 4 rings (SSSR count). The van der Waals surface area contributed by atoms with E-state index in [0.29, 0.717) is 29.5 Å². The molecule has 1 aromatic carbocycles. The van der Waals surface area contributed by atoms with Gasteiger partial charge in [-0.05, 0) is 25.5 Å². The Morgan fingerprint density at radius 3 is 3.15 bits per heavy atom. The molecule has 3 unspecified atom stereocenters. The van der Waals surface area contributed by atoms with Crippen LogP contribution >= 0.6 is 8.38 Å². The molecule has 3 heterocycles. The molecular formula is C26H34N5O7P. The Balaban J connectivity index is 1.46. The van der Waals surface area contributed by atoms with Gasteiger partial charge in [-0.15, -0.1) is 0 Å². The van der Waals surface area contributed by atoms with E-state index in [4.69, 9.17) is 37.3 Å². The van der Waals surface area contributed by atoms with Crippen LogP contribution in [0.4, 0.5) is 11.5 Å². The van der Waals surface area contributed by atoms with Crippen molar-refractivity contribution >= 4 is 19.9 Å². The Labute approximate surface area is 231 Å². The number of aromatic nitrogens is 2. The van der Waals surface area contributed by atoms with Gasteiger partial charge >= 0.3 is 5.69 Å². The predicted molar refractivity (Wildman–Crippen MR) is 147 cm³/mol. The van der Waals surface area contributed by atoms with E-state index in [1.807, 2.05) is 19.1 Å². The number of hydrogen-bond donors (Lipinski definition) is 2. The molecule has 2 aromatic rings. The average Bonchev–Trinajstić information content (AvgIpc) is 3.32. The maximum atomic E-state index is 13.1. The molecule has 39 heavy (non-hydrogen) atoms. The van der Waals surface area contributed by atoms with Crippen LogP contribution in [0.3, 0.4) is 0 Å². The lowest BCUT2D eigenvalue weighted by Gasteiger charge is -2.24. The molecule has 2 aliphatic heterocycles.